The minimum absolute atomic E-state index is 0.0453. The number of Topliss-reactive ketones (excluding diaryl/α,β-unsaturated/α-hetero) is 1. The zero-order chi connectivity index (χ0) is 18.7. The van der Waals surface area contributed by atoms with E-state index in [0.717, 1.165) is 26.2 Å². The van der Waals surface area contributed by atoms with E-state index in [2.05, 4.69) is 22.0 Å². The van der Waals surface area contributed by atoms with Crippen LogP contribution in [0.5, 0.6) is 0 Å². The lowest BCUT2D eigenvalue weighted by Crippen LogP contribution is -3.15. The summed E-state index contributed by atoms with van der Waals surface area (Å²) in [6.45, 7) is 7.73. The highest BCUT2D eigenvalue weighted by Crippen LogP contribution is 2.19. The summed E-state index contributed by atoms with van der Waals surface area (Å²) in [5.74, 6) is -0.358. The molecule has 1 aliphatic heterocycles. The van der Waals surface area contributed by atoms with Crippen LogP contribution in [0.15, 0.2) is 30.3 Å². The van der Waals surface area contributed by atoms with Gasteiger partial charge in [-0.3, -0.25) is 4.79 Å². The normalized spacial score (nSPS) is 15.1. The highest BCUT2D eigenvalue weighted by atomic mass is 16.5. The Balaban J connectivity index is 1.62. The summed E-state index contributed by atoms with van der Waals surface area (Å²) < 4.78 is 4.81. The van der Waals surface area contributed by atoms with Crippen LogP contribution in [0.1, 0.15) is 32.1 Å². The fourth-order valence-electron chi connectivity index (χ4n) is 3.65. The largest absolute Gasteiger partial charge is 0.465 e. The number of quaternary nitrogens is 1. The van der Waals surface area contributed by atoms with Crippen molar-refractivity contribution < 1.29 is 19.2 Å². The molecule has 6 heteroatoms. The molecule has 1 aromatic heterocycles. The van der Waals surface area contributed by atoms with Gasteiger partial charge in [-0.2, -0.15) is 0 Å². The lowest BCUT2D eigenvalue weighted by Gasteiger charge is -2.33. The molecule has 0 bridgehead atoms. The highest BCUT2D eigenvalue weighted by Gasteiger charge is 2.27. The number of aromatic nitrogens is 1. The number of methoxy groups -OCH3 is 1. The van der Waals surface area contributed by atoms with Gasteiger partial charge in [-0.25, -0.2) is 4.79 Å². The van der Waals surface area contributed by atoms with Gasteiger partial charge in [-0.1, -0.05) is 18.2 Å². The standard InChI is InChI=1S/C20H25N3O3/c1-14-18(20(25)26-3)15(2)21-19(14)17(24)13-22-9-11-23(12-10-22)16-7-5-4-6-8-16/h4-8,21H,9-13H2,1-3H3/p+1. The van der Waals surface area contributed by atoms with Gasteiger partial charge >= 0.3 is 5.97 Å². The number of aromatic amines is 1. The molecule has 6 nitrogen and oxygen atoms in total. The molecule has 0 spiro atoms. The van der Waals surface area contributed by atoms with E-state index in [1.165, 1.54) is 17.7 Å². The number of benzene rings is 1. The summed E-state index contributed by atoms with van der Waals surface area (Å²) in [5, 5.41) is 0. The molecule has 2 aromatic rings. The Kier molecular flexibility index (Phi) is 5.42. The number of nitrogens with zero attached hydrogens (tertiary/aromatic N) is 1. The predicted molar refractivity (Wildman–Crippen MR) is 100 cm³/mol. The number of rotatable bonds is 5. The fourth-order valence-corrected chi connectivity index (χ4v) is 3.65. The Hall–Kier alpha value is -2.60. The summed E-state index contributed by atoms with van der Waals surface area (Å²) in [5.41, 5.74) is 3.60. The van der Waals surface area contributed by atoms with E-state index in [4.69, 9.17) is 4.74 Å². The zero-order valence-electron chi connectivity index (χ0n) is 15.6. The van der Waals surface area contributed by atoms with Gasteiger partial charge < -0.3 is 19.5 Å². The molecule has 0 amide bonds. The van der Waals surface area contributed by atoms with Crippen molar-refractivity contribution in [1.29, 1.82) is 0 Å². The number of carbonyl (C=O) groups is 2. The summed E-state index contributed by atoms with van der Waals surface area (Å²) >= 11 is 0. The lowest BCUT2D eigenvalue weighted by atomic mass is 10.1. The van der Waals surface area contributed by atoms with Crippen LogP contribution in [0.4, 0.5) is 5.69 Å². The Morgan fingerprint density at radius 1 is 1.15 bits per heavy atom. The van der Waals surface area contributed by atoms with Crippen LogP contribution in [0, 0.1) is 13.8 Å². The molecule has 1 fully saturated rings. The topological polar surface area (TPSA) is 66.8 Å². The van der Waals surface area contributed by atoms with Crippen LogP contribution in [-0.2, 0) is 4.74 Å². The second-order valence-electron chi connectivity index (χ2n) is 6.79. The number of H-pyrrole nitrogens is 1. The first-order valence-electron chi connectivity index (χ1n) is 8.95. The minimum Gasteiger partial charge on any atom is -0.465 e. The van der Waals surface area contributed by atoms with E-state index in [1.54, 1.807) is 13.8 Å². The number of hydrogen-bond acceptors (Lipinski definition) is 4. The van der Waals surface area contributed by atoms with Gasteiger partial charge in [-0.05, 0) is 31.5 Å². The predicted octanol–water partition coefficient (Wildman–Crippen LogP) is 1.01. The second-order valence-corrected chi connectivity index (χ2v) is 6.79. The molecule has 0 unspecified atom stereocenters. The molecule has 1 saturated heterocycles. The highest BCUT2D eigenvalue weighted by molar-refractivity contribution is 6.01. The smallest absolute Gasteiger partial charge is 0.339 e. The van der Waals surface area contributed by atoms with Crippen molar-refractivity contribution in [3.63, 3.8) is 0 Å². The minimum atomic E-state index is -0.404. The van der Waals surface area contributed by atoms with Crippen LogP contribution in [0.25, 0.3) is 0 Å². The molecule has 0 atom stereocenters. The van der Waals surface area contributed by atoms with Crippen molar-refractivity contribution in [3.05, 3.63) is 52.8 Å². The maximum atomic E-state index is 12.7. The molecule has 138 valence electrons. The van der Waals surface area contributed by atoms with Crippen molar-refractivity contribution in [3.8, 4) is 0 Å². The van der Waals surface area contributed by atoms with E-state index in [-0.39, 0.29) is 5.78 Å². The molecule has 2 N–H and O–H groups in total. The molecular weight excluding hydrogens is 330 g/mol. The molecule has 0 radical (unpaired) electrons. The first-order valence-corrected chi connectivity index (χ1v) is 8.95. The quantitative estimate of drug-likeness (QED) is 0.620. The van der Waals surface area contributed by atoms with Gasteiger partial charge in [0, 0.05) is 11.4 Å². The van der Waals surface area contributed by atoms with Crippen LogP contribution >= 0.6 is 0 Å². The van der Waals surface area contributed by atoms with Crippen molar-refractivity contribution in [2.24, 2.45) is 0 Å². The number of nitrogens with one attached hydrogen (secondary N) is 2. The number of aryl methyl sites for hydroxylation is 1. The van der Waals surface area contributed by atoms with Crippen molar-refractivity contribution in [2.45, 2.75) is 13.8 Å². The van der Waals surface area contributed by atoms with E-state index in [1.807, 2.05) is 18.2 Å². The van der Waals surface area contributed by atoms with Crippen LogP contribution in [-0.4, -0.2) is 56.6 Å². The van der Waals surface area contributed by atoms with Crippen molar-refractivity contribution >= 4 is 17.4 Å². The maximum Gasteiger partial charge on any atom is 0.339 e. The lowest BCUT2D eigenvalue weighted by molar-refractivity contribution is -0.892. The van der Waals surface area contributed by atoms with Crippen LogP contribution in [0.2, 0.25) is 0 Å². The number of para-hydroxylation sites is 1. The van der Waals surface area contributed by atoms with E-state index < -0.39 is 5.97 Å². The number of carbonyl (C=O) groups excluding carboxylic acids is 2. The van der Waals surface area contributed by atoms with E-state index in [9.17, 15) is 9.59 Å². The monoisotopic (exact) mass is 356 g/mol. The average molecular weight is 356 g/mol. The molecule has 3 rings (SSSR count). The number of piperazine rings is 1. The maximum absolute atomic E-state index is 12.7. The first-order chi connectivity index (χ1) is 12.5. The fraction of sp³-hybridized carbons (Fsp3) is 0.400. The summed E-state index contributed by atoms with van der Waals surface area (Å²) in [4.78, 5) is 31.3. The number of esters is 1. The van der Waals surface area contributed by atoms with Gasteiger partial charge in [0.15, 0.2) is 0 Å². The second kappa shape index (κ2) is 7.74. The summed E-state index contributed by atoms with van der Waals surface area (Å²) in [6, 6.07) is 10.4. The average Bonchev–Trinajstić information content (AvgIpc) is 2.97. The summed E-state index contributed by atoms with van der Waals surface area (Å²) in [6.07, 6.45) is 0. The third kappa shape index (κ3) is 3.65. The van der Waals surface area contributed by atoms with E-state index in [0.29, 0.717) is 29.1 Å². The van der Waals surface area contributed by atoms with Crippen LogP contribution < -0.4 is 9.80 Å². The third-order valence-corrected chi connectivity index (χ3v) is 5.11. The number of anilines is 1. The van der Waals surface area contributed by atoms with Gasteiger partial charge in [-0.15, -0.1) is 0 Å². The Labute approximate surface area is 153 Å². The molecule has 2 heterocycles. The number of ether oxygens (including phenoxy) is 1. The van der Waals surface area contributed by atoms with Gasteiger partial charge in [0.1, 0.15) is 6.54 Å². The summed E-state index contributed by atoms with van der Waals surface area (Å²) in [7, 11) is 1.35. The Morgan fingerprint density at radius 3 is 2.42 bits per heavy atom. The Morgan fingerprint density at radius 2 is 1.81 bits per heavy atom. The van der Waals surface area contributed by atoms with Crippen molar-refractivity contribution in [2.75, 3.05) is 44.7 Å². The third-order valence-electron chi connectivity index (χ3n) is 5.11. The first kappa shape index (κ1) is 18.2. The van der Waals surface area contributed by atoms with Crippen molar-refractivity contribution in [1.82, 2.24) is 4.98 Å². The van der Waals surface area contributed by atoms with Crippen LogP contribution in [0.3, 0.4) is 0 Å². The number of hydrogen-bond donors (Lipinski definition) is 2. The molecular formula is C20H26N3O3+. The number of ketones is 1. The van der Waals surface area contributed by atoms with E-state index >= 15 is 0 Å². The van der Waals surface area contributed by atoms with Gasteiger partial charge in [0.25, 0.3) is 0 Å². The molecule has 1 aromatic carbocycles. The molecule has 0 aliphatic carbocycles. The van der Waals surface area contributed by atoms with Gasteiger partial charge in [0.05, 0.1) is 44.5 Å². The zero-order valence-corrected chi connectivity index (χ0v) is 15.6. The molecule has 0 saturated carbocycles. The van der Waals surface area contributed by atoms with Gasteiger partial charge in [0.2, 0.25) is 5.78 Å². The molecule has 26 heavy (non-hydrogen) atoms. The SMILES string of the molecule is COC(=O)c1c(C)[nH]c(C(=O)C[NH+]2CCN(c3ccccc3)CC2)c1C. The molecule has 1 aliphatic rings. The Bertz CT molecular complexity index is 790.